The molecule has 2 fully saturated rings. The van der Waals surface area contributed by atoms with Gasteiger partial charge in [0.2, 0.25) is 0 Å². The zero-order chi connectivity index (χ0) is 15.1. The number of fused-ring (bicyclic) bond motifs is 2. The van der Waals surface area contributed by atoms with Gasteiger partial charge < -0.3 is 15.1 Å². The molecule has 1 amide bonds. The van der Waals surface area contributed by atoms with Gasteiger partial charge in [-0.2, -0.15) is 0 Å². The van der Waals surface area contributed by atoms with Crippen molar-refractivity contribution >= 4 is 5.91 Å². The molecule has 114 valence electrons. The maximum atomic E-state index is 12.4. The Bertz CT molecular complexity index is 707. The Labute approximate surface area is 129 Å². The molecular formula is C18H20N2O2. The van der Waals surface area contributed by atoms with Gasteiger partial charge in [0.25, 0.3) is 5.91 Å². The van der Waals surface area contributed by atoms with E-state index < -0.39 is 0 Å². The third-order valence-corrected chi connectivity index (χ3v) is 4.86. The molecular weight excluding hydrogens is 276 g/mol. The second-order valence-electron chi connectivity index (χ2n) is 6.34. The van der Waals surface area contributed by atoms with Crippen LogP contribution in [0.3, 0.4) is 0 Å². The quantitative estimate of drug-likeness (QED) is 0.915. The van der Waals surface area contributed by atoms with E-state index in [9.17, 15) is 4.79 Å². The first-order valence-electron chi connectivity index (χ1n) is 7.93. The Kier molecular flexibility index (Phi) is 3.26. The number of aryl methyl sites for hydroxylation is 1. The minimum atomic E-state index is -0.112. The number of carbonyl (C=O) groups excluding carboxylic acids is 1. The fraction of sp³-hybridized carbons (Fsp3) is 0.389. The van der Waals surface area contributed by atoms with Crippen molar-refractivity contribution in [1.29, 1.82) is 0 Å². The van der Waals surface area contributed by atoms with Crippen molar-refractivity contribution in [2.24, 2.45) is 0 Å². The van der Waals surface area contributed by atoms with Gasteiger partial charge in [-0.3, -0.25) is 4.79 Å². The van der Waals surface area contributed by atoms with Crippen LogP contribution in [-0.2, 0) is 0 Å². The molecule has 1 aromatic carbocycles. The molecule has 4 nitrogen and oxygen atoms in total. The van der Waals surface area contributed by atoms with Crippen LogP contribution in [0, 0.1) is 6.92 Å². The minimum Gasteiger partial charge on any atom is -0.451 e. The van der Waals surface area contributed by atoms with E-state index in [0.29, 0.717) is 17.8 Å². The summed E-state index contributed by atoms with van der Waals surface area (Å²) in [6.45, 7) is 2.04. The highest BCUT2D eigenvalue weighted by Crippen LogP contribution is 2.29. The fourth-order valence-corrected chi connectivity index (χ4v) is 3.68. The van der Waals surface area contributed by atoms with E-state index >= 15 is 0 Å². The molecule has 2 aromatic rings. The summed E-state index contributed by atoms with van der Waals surface area (Å²) >= 11 is 0. The molecule has 4 heteroatoms. The van der Waals surface area contributed by atoms with E-state index in [1.165, 1.54) is 6.42 Å². The number of amides is 1. The zero-order valence-corrected chi connectivity index (χ0v) is 12.6. The van der Waals surface area contributed by atoms with Crippen LogP contribution in [0.2, 0.25) is 0 Å². The summed E-state index contributed by atoms with van der Waals surface area (Å²) < 4.78 is 5.77. The molecule has 3 heterocycles. The van der Waals surface area contributed by atoms with Crippen molar-refractivity contribution in [2.75, 3.05) is 0 Å². The summed E-state index contributed by atoms with van der Waals surface area (Å²) in [6.07, 6.45) is 3.42. The van der Waals surface area contributed by atoms with Gasteiger partial charge in [-0.05, 0) is 43.9 Å². The number of benzene rings is 1. The van der Waals surface area contributed by atoms with E-state index in [4.69, 9.17) is 4.42 Å². The number of nitrogens with one attached hydrogen (secondary N) is 2. The van der Waals surface area contributed by atoms with E-state index in [1.807, 2.05) is 37.3 Å². The first kappa shape index (κ1) is 13.6. The summed E-state index contributed by atoms with van der Waals surface area (Å²) in [5.41, 5.74) is 2.17. The Balaban J connectivity index is 1.49. The van der Waals surface area contributed by atoms with Gasteiger partial charge in [0, 0.05) is 23.7 Å². The Morgan fingerprint density at radius 2 is 2.09 bits per heavy atom. The lowest BCUT2D eigenvalue weighted by Crippen LogP contribution is -2.42. The predicted molar refractivity (Wildman–Crippen MR) is 84.7 cm³/mol. The van der Waals surface area contributed by atoms with Gasteiger partial charge in [0.05, 0.1) is 0 Å². The van der Waals surface area contributed by atoms with Crippen LogP contribution in [0.25, 0.3) is 11.3 Å². The number of hydrogen-bond donors (Lipinski definition) is 2. The first-order valence-corrected chi connectivity index (χ1v) is 7.93. The van der Waals surface area contributed by atoms with E-state index in [1.54, 1.807) is 6.07 Å². The lowest BCUT2D eigenvalue weighted by molar-refractivity contribution is 0.0903. The van der Waals surface area contributed by atoms with Gasteiger partial charge >= 0.3 is 0 Å². The monoisotopic (exact) mass is 296 g/mol. The number of furan rings is 1. The van der Waals surface area contributed by atoms with Gasteiger partial charge in [-0.15, -0.1) is 0 Å². The molecule has 2 saturated heterocycles. The third-order valence-electron chi connectivity index (χ3n) is 4.86. The highest BCUT2D eigenvalue weighted by atomic mass is 16.3. The molecule has 0 saturated carbocycles. The normalized spacial score (nSPS) is 26.3. The van der Waals surface area contributed by atoms with Crippen LogP contribution < -0.4 is 10.6 Å². The molecule has 0 spiro atoms. The molecule has 2 N–H and O–H groups in total. The first-order chi connectivity index (χ1) is 10.7. The average Bonchev–Trinajstić information content (AvgIpc) is 3.24. The molecule has 4 rings (SSSR count). The van der Waals surface area contributed by atoms with Gasteiger partial charge in [-0.25, -0.2) is 0 Å². The number of rotatable bonds is 3. The van der Waals surface area contributed by atoms with E-state index in [-0.39, 0.29) is 11.9 Å². The van der Waals surface area contributed by atoms with Crippen LogP contribution in [0.1, 0.15) is 35.4 Å². The average molecular weight is 296 g/mol. The molecule has 1 aromatic heterocycles. The standard InChI is InChI=1S/C18H20N2O2/c1-11-4-2-3-5-13(11)16-8-9-17(22-16)18(21)20-15-10-12-6-7-14(15)19-12/h2-5,8-9,12,14-15,19H,6-7,10H2,1H3,(H,20,21)/t12-,14+,15-/m1/s1. The summed E-state index contributed by atoms with van der Waals surface area (Å²) in [7, 11) is 0. The van der Waals surface area contributed by atoms with Crippen molar-refractivity contribution in [2.45, 2.75) is 44.3 Å². The number of hydrogen-bond acceptors (Lipinski definition) is 3. The number of carbonyl (C=O) groups is 1. The largest absolute Gasteiger partial charge is 0.451 e. The van der Waals surface area contributed by atoms with Crippen LogP contribution >= 0.6 is 0 Å². The third kappa shape index (κ3) is 2.33. The summed E-state index contributed by atoms with van der Waals surface area (Å²) in [4.78, 5) is 12.4. The van der Waals surface area contributed by atoms with Crippen molar-refractivity contribution in [3.63, 3.8) is 0 Å². The Morgan fingerprint density at radius 3 is 2.82 bits per heavy atom. The fourth-order valence-electron chi connectivity index (χ4n) is 3.68. The zero-order valence-electron chi connectivity index (χ0n) is 12.6. The van der Waals surface area contributed by atoms with Crippen molar-refractivity contribution in [1.82, 2.24) is 10.6 Å². The minimum absolute atomic E-state index is 0.112. The highest BCUT2D eigenvalue weighted by Gasteiger charge is 2.39. The predicted octanol–water partition coefficient (Wildman–Crippen LogP) is 2.88. The van der Waals surface area contributed by atoms with Crippen LogP contribution in [0.15, 0.2) is 40.8 Å². The molecule has 0 radical (unpaired) electrons. The molecule has 3 atom stereocenters. The summed E-state index contributed by atoms with van der Waals surface area (Å²) in [6, 6.07) is 12.9. The van der Waals surface area contributed by atoms with E-state index in [0.717, 1.165) is 29.7 Å². The molecule has 0 aliphatic carbocycles. The lowest BCUT2D eigenvalue weighted by atomic mass is 9.95. The Morgan fingerprint density at radius 1 is 1.23 bits per heavy atom. The molecule has 2 bridgehead atoms. The SMILES string of the molecule is Cc1ccccc1-c1ccc(C(=O)N[C@@H]2C[C@H]3CC[C@@H]2N3)o1. The molecule has 2 aliphatic heterocycles. The van der Waals surface area contributed by atoms with Crippen molar-refractivity contribution in [3.05, 3.63) is 47.7 Å². The Hall–Kier alpha value is -2.07. The molecule has 2 aliphatic rings. The van der Waals surface area contributed by atoms with Crippen molar-refractivity contribution in [3.8, 4) is 11.3 Å². The summed E-state index contributed by atoms with van der Waals surface area (Å²) in [5, 5.41) is 6.64. The van der Waals surface area contributed by atoms with Crippen molar-refractivity contribution < 1.29 is 9.21 Å². The highest BCUT2D eigenvalue weighted by molar-refractivity contribution is 5.92. The van der Waals surface area contributed by atoms with Crippen LogP contribution in [-0.4, -0.2) is 24.0 Å². The second-order valence-corrected chi connectivity index (χ2v) is 6.34. The van der Waals surface area contributed by atoms with E-state index in [2.05, 4.69) is 10.6 Å². The second kappa shape index (κ2) is 5.29. The smallest absolute Gasteiger partial charge is 0.287 e. The molecule has 0 unspecified atom stereocenters. The van der Waals surface area contributed by atoms with Gasteiger partial charge in [-0.1, -0.05) is 24.3 Å². The van der Waals surface area contributed by atoms with Gasteiger partial charge in [0.15, 0.2) is 5.76 Å². The maximum Gasteiger partial charge on any atom is 0.287 e. The maximum absolute atomic E-state index is 12.4. The lowest BCUT2D eigenvalue weighted by Gasteiger charge is -2.20. The molecule has 22 heavy (non-hydrogen) atoms. The summed E-state index contributed by atoms with van der Waals surface area (Å²) in [5.74, 6) is 1.02. The topological polar surface area (TPSA) is 54.3 Å². The van der Waals surface area contributed by atoms with Crippen LogP contribution in [0.4, 0.5) is 0 Å². The van der Waals surface area contributed by atoms with Crippen LogP contribution in [0.5, 0.6) is 0 Å². The van der Waals surface area contributed by atoms with Gasteiger partial charge in [0.1, 0.15) is 5.76 Å².